The predicted molar refractivity (Wildman–Crippen MR) is 116 cm³/mol. The van der Waals surface area contributed by atoms with Gasteiger partial charge in [0.1, 0.15) is 21.5 Å². The summed E-state index contributed by atoms with van der Waals surface area (Å²) in [6.45, 7) is 5.73. The highest BCUT2D eigenvalue weighted by molar-refractivity contribution is 14.0. The molecule has 0 saturated carbocycles. The molecule has 28 heavy (non-hydrogen) atoms. The lowest BCUT2D eigenvalue weighted by molar-refractivity contribution is 0.0531. The molecular formula is C18H23F2IN4O2S. The van der Waals surface area contributed by atoms with Crippen LogP contribution in [0.5, 0.6) is 0 Å². The van der Waals surface area contributed by atoms with E-state index in [-0.39, 0.29) is 42.1 Å². The minimum Gasteiger partial charge on any atom is -0.462 e. The van der Waals surface area contributed by atoms with Crippen LogP contribution in [0.1, 0.15) is 45.8 Å². The van der Waals surface area contributed by atoms with Gasteiger partial charge in [-0.25, -0.2) is 18.6 Å². The molecule has 1 heterocycles. The van der Waals surface area contributed by atoms with Gasteiger partial charge in [-0.1, -0.05) is 0 Å². The number of rotatable bonds is 6. The monoisotopic (exact) mass is 524 g/mol. The zero-order valence-electron chi connectivity index (χ0n) is 16.0. The van der Waals surface area contributed by atoms with Gasteiger partial charge in [0, 0.05) is 19.2 Å². The second-order valence-corrected chi connectivity index (χ2v) is 6.75. The molecular weight excluding hydrogens is 501 g/mol. The molecule has 0 fully saturated rings. The molecule has 0 aliphatic rings. The molecule has 154 valence electrons. The van der Waals surface area contributed by atoms with Gasteiger partial charge >= 0.3 is 5.97 Å². The molecule has 6 nitrogen and oxygen atoms in total. The zero-order valence-corrected chi connectivity index (χ0v) is 19.2. The number of guanidine groups is 1. The smallest absolute Gasteiger partial charge is 0.350 e. The van der Waals surface area contributed by atoms with Crippen molar-refractivity contribution in [1.82, 2.24) is 15.6 Å². The Hall–Kier alpha value is -1.82. The summed E-state index contributed by atoms with van der Waals surface area (Å²) in [5.41, 5.74) is 0.798. The second kappa shape index (κ2) is 11.2. The Balaban J connectivity index is 0.00000392. The largest absolute Gasteiger partial charge is 0.462 e. The number of hydrogen-bond donors (Lipinski definition) is 2. The van der Waals surface area contributed by atoms with E-state index in [4.69, 9.17) is 4.74 Å². The highest BCUT2D eigenvalue weighted by Gasteiger charge is 2.20. The van der Waals surface area contributed by atoms with Crippen molar-refractivity contribution in [3.63, 3.8) is 0 Å². The molecule has 1 atom stereocenters. The first-order valence-corrected chi connectivity index (χ1v) is 9.22. The van der Waals surface area contributed by atoms with E-state index in [2.05, 4.69) is 20.6 Å². The van der Waals surface area contributed by atoms with Crippen LogP contribution in [-0.4, -0.2) is 30.6 Å². The topological polar surface area (TPSA) is 75.6 Å². The Bertz CT molecular complexity index is 845. The quantitative estimate of drug-likeness (QED) is 0.259. The van der Waals surface area contributed by atoms with Crippen molar-refractivity contribution < 1.29 is 18.3 Å². The first-order chi connectivity index (χ1) is 12.8. The average molecular weight is 524 g/mol. The fourth-order valence-corrected chi connectivity index (χ4v) is 3.27. The Morgan fingerprint density at radius 1 is 1.39 bits per heavy atom. The van der Waals surface area contributed by atoms with Gasteiger partial charge in [0.2, 0.25) is 0 Å². The van der Waals surface area contributed by atoms with Gasteiger partial charge in [0.15, 0.2) is 5.96 Å². The molecule has 0 radical (unpaired) electrons. The summed E-state index contributed by atoms with van der Waals surface area (Å²) >= 11 is 1.25. The Morgan fingerprint density at radius 2 is 2.11 bits per heavy atom. The molecule has 0 spiro atoms. The zero-order chi connectivity index (χ0) is 20.0. The van der Waals surface area contributed by atoms with Crippen molar-refractivity contribution >= 4 is 47.2 Å². The van der Waals surface area contributed by atoms with Crippen LogP contribution in [0.25, 0.3) is 0 Å². The number of aryl methyl sites for hydroxylation is 1. The number of hydrogen-bond acceptors (Lipinski definition) is 5. The van der Waals surface area contributed by atoms with Gasteiger partial charge in [0.05, 0.1) is 18.3 Å². The number of ether oxygens (including phenoxy) is 1. The third kappa shape index (κ3) is 6.36. The third-order valence-electron chi connectivity index (χ3n) is 3.68. The van der Waals surface area contributed by atoms with E-state index in [1.54, 1.807) is 20.9 Å². The molecule has 0 aliphatic heterocycles. The molecule has 2 aromatic rings. The van der Waals surface area contributed by atoms with Gasteiger partial charge in [-0.3, -0.25) is 4.99 Å². The van der Waals surface area contributed by atoms with E-state index in [1.165, 1.54) is 11.3 Å². The number of aliphatic imine (C=N–C) groups is 1. The summed E-state index contributed by atoms with van der Waals surface area (Å²) in [7, 11) is 1.57. The lowest BCUT2D eigenvalue weighted by Crippen LogP contribution is -2.38. The predicted octanol–water partition coefficient (Wildman–Crippen LogP) is 3.95. The van der Waals surface area contributed by atoms with Crippen LogP contribution in [0, 0.1) is 18.6 Å². The first kappa shape index (κ1) is 24.2. The van der Waals surface area contributed by atoms with Crippen molar-refractivity contribution in [3.8, 4) is 0 Å². The summed E-state index contributed by atoms with van der Waals surface area (Å²) in [5.74, 6) is -0.997. The summed E-state index contributed by atoms with van der Waals surface area (Å²) < 4.78 is 32.0. The number of aromatic nitrogens is 1. The van der Waals surface area contributed by atoms with Crippen LogP contribution < -0.4 is 10.6 Å². The number of nitrogens with zero attached hydrogens (tertiary/aromatic N) is 2. The third-order valence-corrected chi connectivity index (χ3v) is 5.00. The molecule has 1 unspecified atom stereocenters. The highest BCUT2D eigenvalue weighted by atomic mass is 127. The number of halogens is 3. The van der Waals surface area contributed by atoms with Crippen molar-refractivity contribution in [1.29, 1.82) is 0 Å². The van der Waals surface area contributed by atoms with E-state index in [0.29, 0.717) is 28.1 Å². The normalized spacial score (nSPS) is 12.1. The number of carbonyl (C=O) groups is 1. The SMILES string of the molecule is CCOC(=O)c1sc(C(C)NC(=NC)NCc2cc(F)ccc2F)nc1C.I. The van der Waals surface area contributed by atoms with Crippen LogP contribution in [0.2, 0.25) is 0 Å². The molecule has 0 bridgehead atoms. The van der Waals surface area contributed by atoms with Crippen LogP contribution in [0.3, 0.4) is 0 Å². The maximum atomic E-state index is 13.7. The van der Waals surface area contributed by atoms with Gasteiger partial charge in [-0.2, -0.15) is 0 Å². The van der Waals surface area contributed by atoms with Crippen molar-refractivity contribution in [2.75, 3.05) is 13.7 Å². The molecule has 0 aliphatic carbocycles. The van der Waals surface area contributed by atoms with E-state index < -0.39 is 17.6 Å². The summed E-state index contributed by atoms with van der Waals surface area (Å²) in [4.78, 5) is 20.9. The van der Waals surface area contributed by atoms with Crippen molar-refractivity contribution in [2.24, 2.45) is 4.99 Å². The summed E-state index contributed by atoms with van der Waals surface area (Å²) in [6, 6.07) is 3.04. The first-order valence-electron chi connectivity index (χ1n) is 8.41. The molecule has 10 heteroatoms. The van der Waals surface area contributed by atoms with Crippen molar-refractivity contribution in [2.45, 2.75) is 33.4 Å². The van der Waals surface area contributed by atoms with Crippen LogP contribution in [0.4, 0.5) is 8.78 Å². The van der Waals surface area contributed by atoms with Crippen LogP contribution in [0.15, 0.2) is 23.2 Å². The summed E-state index contributed by atoms with van der Waals surface area (Å²) in [6.07, 6.45) is 0. The molecule has 0 amide bonds. The van der Waals surface area contributed by atoms with Crippen LogP contribution in [-0.2, 0) is 11.3 Å². The lowest BCUT2D eigenvalue weighted by Gasteiger charge is -2.16. The Morgan fingerprint density at radius 3 is 2.75 bits per heavy atom. The van der Waals surface area contributed by atoms with E-state index in [1.807, 2.05) is 6.92 Å². The lowest BCUT2D eigenvalue weighted by atomic mass is 10.2. The van der Waals surface area contributed by atoms with E-state index in [0.717, 1.165) is 18.2 Å². The van der Waals surface area contributed by atoms with Gasteiger partial charge in [0.25, 0.3) is 0 Å². The van der Waals surface area contributed by atoms with Gasteiger partial charge in [-0.05, 0) is 39.0 Å². The number of esters is 1. The minimum atomic E-state index is -0.505. The van der Waals surface area contributed by atoms with Gasteiger partial charge in [-0.15, -0.1) is 35.3 Å². The fraction of sp³-hybridized carbons (Fsp3) is 0.389. The molecule has 2 N–H and O–H groups in total. The van der Waals surface area contributed by atoms with Crippen molar-refractivity contribution in [3.05, 3.63) is 51.0 Å². The van der Waals surface area contributed by atoms with E-state index >= 15 is 0 Å². The minimum absolute atomic E-state index is 0. The van der Waals surface area contributed by atoms with Crippen LogP contribution >= 0.6 is 35.3 Å². The maximum absolute atomic E-state index is 13.7. The Kier molecular flexibility index (Phi) is 9.73. The molecule has 0 saturated heterocycles. The fourth-order valence-electron chi connectivity index (χ4n) is 2.31. The molecule has 1 aromatic heterocycles. The standard InChI is InChI=1S/C18H22F2N4O2S.HI/c1-5-26-17(25)15-10(2)23-16(27-15)11(3)24-18(21-4)22-9-12-8-13(19)6-7-14(12)20;/h6-8,11H,5,9H2,1-4H3,(H2,21,22,24);1H. The van der Waals surface area contributed by atoms with E-state index in [9.17, 15) is 13.6 Å². The number of thiazole rings is 1. The summed E-state index contributed by atoms with van der Waals surface area (Å²) in [5, 5.41) is 6.74. The van der Waals surface area contributed by atoms with Gasteiger partial charge < -0.3 is 15.4 Å². The number of benzene rings is 1. The molecule has 2 rings (SSSR count). The highest BCUT2D eigenvalue weighted by Crippen LogP contribution is 2.24. The molecule has 1 aromatic carbocycles. The maximum Gasteiger partial charge on any atom is 0.350 e. The Labute approximate surface area is 183 Å². The average Bonchev–Trinajstić information content (AvgIpc) is 3.03. The second-order valence-electron chi connectivity index (χ2n) is 5.71. The number of carbonyl (C=O) groups excluding carboxylic acids is 1. The number of nitrogens with one attached hydrogen (secondary N) is 2.